The summed E-state index contributed by atoms with van der Waals surface area (Å²) in [4.78, 5) is 11.7. The minimum Gasteiger partial charge on any atom is -0.338 e. The smallest absolute Gasteiger partial charge is 0.338 e. The van der Waals surface area contributed by atoms with Gasteiger partial charge in [0.1, 0.15) is 0 Å². The molecule has 1 aliphatic heterocycles. The fourth-order valence-corrected chi connectivity index (χ4v) is 2.28. The Kier molecular flexibility index (Phi) is 5.06. The highest BCUT2D eigenvalue weighted by atomic mass is 19.4. The second-order valence-corrected chi connectivity index (χ2v) is 5.13. The number of amides is 2. The average Bonchev–Trinajstić information content (AvgIpc) is 2.46. The van der Waals surface area contributed by atoms with Crippen LogP contribution in [0.3, 0.4) is 0 Å². The summed E-state index contributed by atoms with van der Waals surface area (Å²) >= 11 is 0. The zero-order valence-corrected chi connectivity index (χ0v) is 11.5. The van der Waals surface area contributed by atoms with Crippen molar-refractivity contribution in [2.24, 2.45) is 5.92 Å². The molecule has 116 valence electrons. The van der Waals surface area contributed by atoms with E-state index in [9.17, 15) is 18.0 Å². The number of benzene rings is 1. The van der Waals surface area contributed by atoms with Gasteiger partial charge in [-0.15, -0.1) is 0 Å². The Bertz CT molecular complexity index is 485. The molecule has 0 saturated carbocycles. The Labute approximate surface area is 121 Å². The summed E-state index contributed by atoms with van der Waals surface area (Å²) in [6, 6.07) is 4.10. The summed E-state index contributed by atoms with van der Waals surface area (Å²) in [5, 5.41) is 8.35. The van der Waals surface area contributed by atoms with Gasteiger partial charge in [-0.2, -0.15) is 13.2 Å². The van der Waals surface area contributed by atoms with E-state index in [4.69, 9.17) is 0 Å². The maximum atomic E-state index is 12.6. The third kappa shape index (κ3) is 4.93. The molecule has 2 amide bonds. The van der Waals surface area contributed by atoms with Gasteiger partial charge in [-0.25, -0.2) is 4.79 Å². The Morgan fingerprint density at radius 2 is 2.19 bits per heavy atom. The standard InChI is InChI=1S/C14H18F3N3O/c15-14(16,17)11-4-1-5-12(7-11)20-13(21)19-9-10-3-2-6-18-8-10/h1,4-5,7,10,18H,2-3,6,8-9H2,(H2,19,20,21). The number of hydrogen-bond donors (Lipinski definition) is 3. The van der Waals surface area contributed by atoms with Gasteiger partial charge in [0.15, 0.2) is 0 Å². The number of hydrogen-bond acceptors (Lipinski definition) is 2. The molecule has 4 nitrogen and oxygen atoms in total. The lowest BCUT2D eigenvalue weighted by atomic mass is 10.00. The highest BCUT2D eigenvalue weighted by Gasteiger charge is 2.30. The molecule has 7 heteroatoms. The van der Waals surface area contributed by atoms with E-state index in [1.807, 2.05) is 0 Å². The van der Waals surface area contributed by atoms with Gasteiger partial charge >= 0.3 is 12.2 Å². The lowest BCUT2D eigenvalue weighted by Crippen LogP contribution is -2.39. The molecule has 0 aliphatic carbocycles. The molecule has 1 fully saturated rings. The molecule has 1 unspecified atom stereocenters. The number of carbonyl (C=O) groups is 1. The number of anilines is 1. The summed E-state index contributed by atoms with van der Waals surface area (Å²) in [5.41, 5.74) is -0.652. The lowest BCUT2D eigenvalue weighted by Gasteiger charge is -2.22. The van der Waals surface area contributed by atoms with Crippen LogP contribution >= 0.6 is 0 Å². The molecule has 1 aromatic carbocycles. The van der Waals surface area contributed by atoms with Crippen molar-refractivity contribution in [1.29, 1.82) is 0 Å². The third-order valence-electron chi connectivity index (χ3n) is 3.40. The maximum absolute atomic E-state index is 12.6. The first-order valence-electron chi connectivity index (χ1n) is 6.88. The van der Waals surface area contributed by atoms with Gasteiger partial charge in [-0.05, 0) is 50.0 Å². The van der Waals surface area contributed by atoms with Crippen LogP contribution in [0, 0.1) is 5.92 Å². The summed E-state index contributed by atoms with van der Waals surface area (Å²) in [6.07, 6.45) is -2.31. The predicted molar refractivity (Wildman–Crippen MR) is 74.1 cm³/mol. The largest absolute Gasteiger partial charge is 0.416 e. The normalized spacial score (nSPS) is 19.1. The highest BCUT2D eigenvalue weighted by molar-refractivity contribution is 5.89. The first-order valence-corrected chi connectivity index (χ1v) is 6.88. The molecule has 1 saturated heterocycles. The van der Waals surface area contributed by atoms with Crippen molar-refractivity contribution in [2.75, 3.05) is 25.0 Å². The first-order chi connectivity index (χ1) is 9.95. The second kappa shape index (κ2) is 6.80. The predicted octanol–water partition coefficient (Wildman–Crippen LogP) is 2.83. The Morgan fingerprint density at radius 3 is 2.86 bits per heavy atom. The fourth-order valence-electron chi connectivity index (χ4n) is 2.28. The second-order valence-electron chi connectivity index (χ2n) is 5.13. The fraction of sp³-hybridized carbons (Fsp3) is 0.500. The minimum atomic E-state index is -4.41. The summed E-state index contributed by atoms with van der Waals surface area (Å²) in [5.74, 6) is 0.367. The van der Waals surface area contributed by atoms with Crippen LogP contribution in [0.1, 0.15) is 18.4 Å². The molecular formula is C14H18F3N3O. The number of rotatable bonds is 3. The van der Waals surface area contributed by atoms with E-state index in [0.29, 0.717) is 12.5 Å². The number of piperidine rings is 1. The highest BCUT2D eigenvalue weighted by Crippen LogP contribution is 2.30. The Hall–Kier alpha value is -1.76. The molecule has 0 radical (unpaired) electrons. The van der Waals surface area contributed by atoms with E-state index in [2.05, 4.69) is 16.0 Å². The zero-order valence-electron chi connectivity index (χ0n) is 11.5. The SMILES string of the molecule is O=C(NCC1CCCNC1)Nc1cccc(C(F)(F)F)c1. The van der Waals surface area contributed by atoms with Crippen molar-refractivity contribution in [3.05, 3.63) is 29.8 Å². The lowest BCUT2D eigenvalue weighted by molar-refractivity contribution is -0.137. The van der Waals surface area contributed by atoms with E-state index in [0.717, 1.165) is 38.1 Å². The van der Waals surface area contributed by atoms with Gasteiger partial charge in [0.25, 0.3) is 0 Å². The number of urea groups is 1. The van der Waals surface area contributed by atoms with E-state index in [1.54, 1.807) is 0 Å². The van der Waals surface area contributed by atoms with E-state index < -0.39 is 17.8 Å². The number of nitrogens with one attached hydrogen (secondary N) is 3. The summed E-state index contributed by atoms with van der Waals surface area (Å²) in [7, 11) is 0. The van der Waals surface area contributed by atoms with Crippen LogP contribution in [0.25, 0.3) is 0 Å². The molecule has 1 heterocycles. The Balaban J connectivity index is 1.84. The van der Waals surface area contributed by atoms with Crippen molar-refractivity contribution in [3.8, 4) is 0 Å². The molecular weight excluding hydrogens is 283 g/mol. The van der Waals surface area contributed by atoms with Crippen molar-refractivity contribution >= 4 is 11.7 Å². The molecule has 1 aromatic rings. The molecule has 21 heavy (non-hydrogen) atoms. The van der Waals surface area contributed by atoms with Crippen molar-refractivity contribution in [1.82, 2.24) is 10.6 Å². The van der Waals surface area contributed by atoms with Gasteiger partial charge in [0, 0.05) is 12.2 Å². The van der Waals surface area contributed by atoms with Gasteiger partial charge in [0.2, 0.25) is 0 Å². The zero-order chi connectivity index (χ0) is 15.3. The number of carbonyl (C=O) groups excluding carboxylic acids is 1. The van der Waals surface area contributed by atoms with Gasteiger partial charge in [-0.1, -0.05) is 6.07 Å². The Morgan fingerprint density at radius 1 is 1.38 bits per heavy atom. The quantitative estimate of drug-likeness (QED) is 0.804. The van der Waals surface area contributed by atoms with Crippen molar-refractivity contribution < 1.29 is 18.0 Å². The molecule has 2 rings (SSSR count). The molecule has 1 aliphatic rings. The van der Waals surface area contributed by atoms with Crippen molar-refractivity contribution in [3.63, 3.8) is 0 Å². The molecule has 0 spiro atoms. The van der Waals surface area contributed by atoms with Gasteiger partial charge < -0.3 is 16.0 Å². The van der Waals surface area contributed by atoms with Gasteiger partial charge in [0.05, 0.1) is 5.56 Å². The molecule has 1 atom stereocenters. The summed E-state index contributed by atoms with van der Waals surface area (Å²) < 4.78 is 37.7. The van der Waals surface area contributed by atoms with Crippen molar-refractivity contribution in [2.45, 2.75) is 19.0 Å². The molecule has 0 bridgehead atoms. The monoisotopic (exact) mass is 301 g/mol. The number of alkyl halides is 3. The average molecular weight is 301 g/mol. The van der Waals surface area contributed by atoms with Crippen LogP contribution in [0.4, 0.5) is 23.7 Å². The topological polar surface area (TPSA) is 53.2 Å². The van der Waals surface area contributed by atoms with Crippen LogP contribution in [-0.4, -0.2) is 25.7 Å². The minimum absolute atomic E-state index is 0.129. The third-order valence-corrected chi connectivity index (χ3v) is 3.40. The molecule has 0 aromatic heterocycles. The van der Waals surface area contributed by atoms with E-state index in [1.165, 1.54) is 12.1 Å². The maximum Gasteiger partial charge on any atom is 0.416 e. The first kappa shape index (κ1) is 15.6. The molecule has 3 N–H and O–H groups in total. The van der Waals surface area contributed by atoms with Gasteiger partial charge in [-0.3, -0.25) is 0 Å². The van der Waals surface area contributed by atoms with Crippen LogP contribution < -0.4 is 16.0 Å². The summed E-state index contributed by atoms with van der Waals surface area (Å²) in [6.45, 7) is 2.36. The van der Waals surface area contributed by atoms with Crippen LogP contribution in [0.5, 0.6) is 0 Å². The van der Waals surface area contributed by atoms with Crippen LogP contribution in [-0.2, 0) is 6.18 Å². The van der Waals surface area contributed by atoms with Crippen LogP contribution in [0.15, 0.2) is 24.3 Å². The number of halogens is 3. The van der Waals surface area contributed by atoms with E-state index in [-0.39, 0.29) is 5.69 Å². The van der Waals surface area contributed by atoms with E-state index >= 15 is 0 Å². The van der Waals surface area contributed by atoms with Crippen LogP contribution in [0.2, 0.25) is 0 Å².